The quantitative estimate of drug-likeness (QED) is 0.149. The summed E-state index contributed by atoms with van der Waals surface area (Å²) in [6.07, 6.45) is 1.10. The molecule has 236 valence electrons. The van der Waals surface area contributed by atoms with Crippen molar-refractivity contribution in [3.63, 3.8) is 0 Å². The minimum Gasteiger partial charge on any atom is -0.454 e. The Hall–Kier alpha value is -4.35. The monoisotopic (exact) mass is 656 g/mol. The molecule has 1 atom stereocenters. The largest absolute Gasteiger partial charge is 0.454 e. The van der Waals surface area contributed by atoms with E-state index in [9.17, 15) is 9.59 Å². The van der Waals surface area contributed by atoms with Crippen LogP contribution in [0.1, 0.15) is 41.3 Å². The number of piperazine rings is 1. The van der Waals surface area contributed by atoms with Gasteiger partial charge < -0.3 is 23.8 Å². The van der Waals surface area contributed by atoms with Crippen LogP contribution in [0.15, 0.2) is 65.8 Å². The molecule has 0 radical (unpaired) electrons. The Bertz CT molecular complexity index is 1970. The molecule has 12 heteroatoms. The summed E-state index contributed by atoms with van der Waals surface area (Å²) < 4.78 is 12.9. The molecule has 4 heterocycles. The topological polar surface area (TPSA) is 103 Å². The molecule has 0 spiro atoms. The zero-order chi connectivity index (χ0) is 31.8. The molecule has 10 nitrogen and oxygen atoms in total. The van der Waals surface area contributed by atoms with Crippen LogP contribution in [-0.4, -0.2) is 79.6 Å². The molecule has 3 aromatic carbocycles. The van der Waals surface area contributed by atoms with E-state index in [4.69, 9.17) is 26.1 Å². The lowest BCUT2D eigenvalue weighted by Crippen LogP contribution is -2.55. The third-order valence-electron chi connectivity index (χ3n) is 8.46. The summed E-state index contributed by atoms with van der Waals surface area (Å²) >= 11 is 7.78. The summed E-state index contributed by atoms with van der Waals surface area (Å²) in [5, 5.41) is 11.3. The molecule has 2 amide bonds. The highest BCUT2D eigenvalue weighted by molar-refractivity contribution is 7.99. The van der Waals surface area contributed by atoms with Crippen molar-refractivity contribution in [3.8, 4) is 11.5 Å². The SMILES string of the molecule is Cc1ccc2c(c1)c1nnc(SCCCC(=O)N3CCN(C(=O)c4ccc5c(c4)OCO5)C(C)C3)nc1n2Cc1cccc(Cl)c1. The molecular formula is C34H33ClN6O4S. The van der Waals surface area contributed by atoms with Crippen LogP contribution >= 0.6 is 23.4 Å². The predicted octanol–water partition coefficient (Wildman–Crippen LogP) is 5.96. The number of rotatable bonds is 8. The fourth-order valence-electron chi connectivity index (χ4n) is 6.12. The normalized spacial score (nSPS) is 16.0. The molecular weight excluding hydrogens is 624 g/mol. The highest BCUT2D eigenvalue weighted by Crippen LogP contribution is 2.33. The Morgan fingerprint density at radius 2 is 1.89 bits per heavy atom. The number of carbonyl (C=O) groups excluding carboxylic acids is 2. The molecule has 5 aromatic rings. The van der Waals surface area contributed by atoms with E-state index < -0.39 is 0 Å². The van der Waals surface area contributed by atoms with E-state index in [0.717, 1.165) is 33.2 Å². The lowest BCUT2D eigenvalue weighted by atomic mass is 10.1. The first-order valence-electron chi connectivity index (χ1n) is 15.3. The van der Waals surface area contributed by atoms with Crippen molar-refractivity contribution in [1.82, 2.24) is 29.5 Å². The number of benzene rings is 3. The zero-order valence-corrected chi connectivity index (χ0v) is 27.2. The molecule has 7 rings (SSSR count). The van der Waals surface area contributed by atoms with Gasteiger partial charge in [0.25, 0.3) is 5.91 Å². The molecule has 2 aromatic heterocycles. The van der Waals surface area contributed by atoms with Crippen molar-refractivity contribution >= 4 is 57.2 Å². The molecule has 1 unspecified atom stereocenters. The van der Waals surface area contributed by atoms with Gasteiger partial charge in [-0.1, -0.05) is 47.1 Å². The Morgan fingerprint density at radius 1 is 1.02 bits per heavy atom. The minimum absolute atomic E-state index is 0.0679. The number of carbonyl (C=O) groups is 2. The number of fused-ring (bicyclic) bond motifs is 4. The lowest BCUT2D eigenvalue weighted by molar-refractivity contribution is -0.133. The van der Waals surface area contributed by atoms with Crippen LogP contribution in [0.2, 0.25) is 5.02 Å². The van der Waals surface area contributed by atoms with Crippen LogP contribution in [0.4, 0.5) is 0 Å². The molecule has 0 aliphatic carbocycles. The Labute approximate surface area is 275 Å². The molecule has 1 fully saturated rings. The summed E-state index contributed by atoms with van der Waals surface area (Å²) in [7, 11) is 0. The van der Waals surface area contributed by atoms with Crippen molar-refractivity contribution in [3.05, 3.63) is 82.4 Å². The van der Waals surface area contributed by atoms with Crippen LogP contribution in [-0.2, 0) is 11.3 Å². The second-order valence-corrected chi connectivity index (χ2v) is 13.2. The lowest BCUT2D eigenvalue weighted by Gasteiger charge is -2.40. The summed E-state index contributed by atoms with van der Waals surface area (Å²) in [5.41, 5.74) is 5.36. The number of amides is 2. The van der Waals surface area contributed by atoms with E-state index in [1.807, 2.05) is 34.9 Å². The van der Waals surface area contributed by atoms with Crippen molar-refractivity contribution < 1.29 is 19.1 Å². The zero-order valence-electron chi connectivity index (χ0n) is 25.6. The van der Waals surface area contributed by atoms with Crippen molar-refractivity contribution in [1.29, 1.82) is 0 Å². The first-order chi connectivity index (χ1) is 22.3. The number of hydrogen-bond acceptors (Lipinski definition) is 8. The van der Waals surface area contributed by atoms with Gasteiger partial charge in [0.15, 0.2) is 17.1 Å². The van der Waals surface area contributed by atoms with Crippen LogP contribution in [0, 0.1) is 6.92 Å². The van der Waals surface area contributed by atoms with Crippen LogP contribution in [0.25, 0.3) is 22.1 Å². The van der Waals surface area contributed by atoms with Crippen LogP contribution < -0.4 is 9.47 Å². The van der Waals surface area contributed by atoms with Gasteiger partial charge in [-0.15, -0.1) is 10.2 Å². The summed E-state index contributed by atoms with van der Waals surface area (Å²) in [6, 6.07) is 19.3. The first-order valence-corrected chi connectivity index (χ1v) is 16.7. The minimum atomic E-state index is -0.0985. The van der Waals surface area contributed by atoms with E-state index in [1.54, 1.807) is 18.2 Å². The summed E-state index contributed by atoms with van der Waals surface area (Å²) in [5.74, 6) is 1.94. The van der Waals surface area contributed by atoms with E-state index in [2.05, 4.69) is 46.0 Å². The smallest absolute Gasteiger partial charge is 0.254 e. The van der Waals surface area contributed by atoms with Crippen molar-refractivity contribution in [2.75, 3.05) is 32.2 Å². The van der Waals surface area contributed by atoms with E-state index >= 15 is 0 Å². The molecule has 1 saturated heterocycles. The highest BCUT2D eigenvalue weighted by atomic mass is 35.5. The van der Waals surface area contributed by atoms with E-state index in [1.165, 1.54) is 11.8 Å². The predicted molar refractivity (Wildman–Crippen MR) is 178 cm³/mol. The van der Waals surface area contributed by atoms with Gasteiger partial charge in [0.2, 0.25) is 17.9 Å². The van der Waals surface area contributed by atoms with Crippen LogP contribution in [0.5, 0.6) is 11.5 Å². The average Bonchev–Trinajstić information content (AvgIpc) is 3.64. The van der Waals surface area contributed by atoms with Gasteiger partial charge >= 0.3 is 0 Å². The van der Waals surface area contributed by atoms with Crippen molar-refractivity contribution in [2.45, 2.75) is 44.4 Å². The van der Waals surface area contributed by atoms with Crippen molar-refractivity contribution in [2.24, 2.45) is 0 Å². The van der Waals surface area contributed by atoms with Gasteiger partial charge in [-0.3, -0.25) is 9.59 Å². The van der Waals surface area contributed by atoms with Gasteiger partial charge in [0, 0.05) is 60.4 Å². The Kier molecular flexibility index (Phi) is 8.44. The fraction of sp³-hybridized carbons (Fsp3) is 0.324. The van der Waals surface area contributed by atoms with Gasteiger partial charge in [-0.25, -0.2) is 4.98 Å². The number of hydrogen-bond donors (Lipinski definition) is 0. The maximum atomic E-state index is 13.2. The summed E-state index contributed by atoms with van der Waals surface area (Å²) in [4.78, 5) is 34.9. The molecule has 2 aliphatic rings. The highest BCUT2D eigenvalue weighted by Gasteiger charge is 2.31. The van der Waals surface area contributed by atoms with E-state index in [0.29, 0.717) is 72.0 Å². The number of aryl methyl sites for hydroxylation is 1. The second kappa shape index (κ2) is 12.8. The number of thioether (sulfide) groups is 1. The van der Waals surface area contributed by atoms with E-state index in [-0.39, 0.29) is 24.6 Å². The first kappa shape index (κ1) is 30.3. The Balaban J connectivity index is 0.964. The summed E-state index contributed by atoms with van der Waals surface area (Å²) in [6.45, 7) is 6.31. The fourth-order valence-corrected chi connectivity index (χ4v) is 7.05. The number of ether oxygens (including phenoxy) is 2. The number of halogens is 1. The third-order valence-corrected chi connectivity index (χ3v) is 9.62. The molecule has 2 aliphatic heterocycles. The van der Waals surface area contributed by atoms with Gasteiger partial charge in [0.05, 0.1) is 5.52 Å². The second-order valence-electron chi connectivity index (χ2n) is 11.7. The third kappa shape index (κ3) is 6.09. The maximum Gasteiger partial charge on any atom is 0.254 e. The Morgan fingerprint density at radius 3 is 2.74 bits per heavy atom. The number of nitrogens with zero attached hydrogens (tertiary/aromatic N) is 6. The standard InChI is InChI=1S/C34H33ClN6O4S/c1-21-8-10-27-26(15-21)31-32(41(27)19-23-5-3-6-25(35)16-23)36-34(38-37-31)46-14-4-7-30(42)39-12-13-40(22(2)18-39)33(43)24-9-11-28-29(17-24)45-20-44-28/h3,5-6,8-11,15-17,22H,4,7,12-14,18-20H2,1-2H3. The maximum absolute atomic E-state index is 13.2. The number of aromatic nitrogens is 4. The molecule has 0 bridgehead atoms. The molecule has 46 heavy (non-hydrogen) atoms. The van der Waals surface area contributed by atoms with Crippen LogP contribution in [0.3, 0.4) is 0 Å². The van der Waals surface area contributed by atoms with Gasteiger partial charge in [-0.2, -0.15) is 0 Å². The van der Waals surface area contributed by atoms with Gasteiger partial charge in [0.1, 0.15) is 5.52 Å². The van der Waals surface area contributed by atoms with Gasteiger partial charge in [-0.05, 0) is 68.3 Å². The molecule has 0 saturated carbocycles. The average molecular weight is 657 g/mol. The molecule has 0 N–H and O–H groups in total.